The van der Waals surface area contributed by atoms with Gasteiger partial charge in [-0.15, -0.1) is 0 Å². The third-order valence-corrected chi connectivity index (χ3v) is 2.99. The van der Waals surface area contributed by atoms with E-state index in [1.54, 1.807) is 0 Å². The second-order valence-electron chi connectivity index (χ2n) is 4.27. The predicted octanol–water partition coefficient (Wildman–Crippen LogP) is 3.56. The number of hydrogen-bond donors (Lipinski definition) is 0. The summed E-state index contributed by atoms with van der Waals surface area (Å²) in [6.07, 6.45) is 2.24. The Morgan fingerprint density at radius 2 is 1.93 bits per heavy atom. The van der Waals surface area contributed by atoms with Crippen LogP contribution in [0.15, 0.2) is 24.3 Å². The largest absolute Gasteiger partial charge is 0.250 e. The van der Waals surface area contributed by atoms with Gasteiger partial charge in [-0.2, -0.15) is 0 Å². The SMILES string of the molecule is Cc1ccc2ccc(C3CC3)c(F)c2n1. The summed E-state index contributed by atoms with van der Waals surface area (Å²) in [6.45, 7) is 1.89. The number of aromatic nitrogens is 1. The van der Waals surface area contributed by atoms with Crippen molar-refractivity contribution >= 4 is 10.9 Å². The lowest BCUT2D eigenvalue weighted by Crippen LogP contribution is -1.92. The molecule has 0 bridgehead atoms. The van der Waals surface area contributed by atoms with Gasteiger partial charge >= 0.3 is 0 Å². The maximum atomic E-state index is 14.1. The lowest BCUT2D eigenvalue weighted by Gasteiger charge is -2.05. The van der Waals surface area contributed by atoms with Crippen LogP contribution in [0.3, 0.4) is 0 Å². The molecular weight excluding hydrogens is 189 g/mol. The van der Waals surface area contributed by atoms with Crippen LogP contribution < -0.4 is 0 Å². The zero-order valence-electron chi connectivity index (χ0n) is 8.63. The topological polar surface area (TPSA) is 12.9 Å². The lowest BCUT2D eigenvalue weighted by atomic mass is 10.1. The van der Waals surface area contributed by atoms with E-state index in [1.165, 1.54) is 0 Å². The second kappa shape index (κ2) is 3.02. The van der Waals surface area contributed by atoms with E-state index in [0.717, 1.165) is 29.5 Å². The number of benzene rings is 1. The van der Waals surface area contributed by atoms with Gasteiger partial charge in [0.2, 0.25) is 0 Å². The average molecular weight is 201 g/mol. The zero-order valence-corrected chi connectivity index (χ0v) is 8.63. The van der Waals surface area contributed by atoms with E-state index < -0.39 is 0 Å². The van der Waals surface area contributed by atoms with E-state index in [9.17, 15) is 4.39 Å². The number of aryl methyl sites for hydroxylation is 1. The number of halogens is 1. The maximum Gasteiger partial charge on any atom is 0.152 e. The van der Waals surface area contributed by atoms with Crippen molar-refractivity contribution in [2.45, 2.75) is 25.7 Å². The Kier molecular flexibility index (Phi) is 1.78. The zero-order chi connectivity index (χ0) is 10.4. The van der Waals surface area contributed by atoms with Crippen LogP contribution in [0.25, 0.3) is 10.9 Å². The molecule has 0 unspecified atom stereocenters. The van der Waals surface area contributed by atoms with Crippen LogP contribution in [0.1, 0.15) is 30.0 Å². The highest BCUT2D eigenvalue weighted by molar-refractivity contribution is 5.80. The predicted molar refractivity (Wildman–Crippen MR) is 58.4 cm³/mol. The molecule has 1 aromatic carbocycles. The van der Waals surface area contributed by atoms with Gasteiger partial charge in [0.15, 0.2) is 5.82 Å². The summed E-state index contributed by atoms with van der Waals surface area (Å²) in [5.41, 5.74) is 2.24. The van der Waals surface area contributed by atoms with Crippen molar-refractivity contribution in [1.29, 1.82) is 0 Å². The van der Waals surface area contributed by atoms with Gasteiger partial charge in [-0.25, -0.2) is 4.39 Å². The molecule has 1 aliphatic rings. The van der Waals surface area contributed by atoms with Gasteiger partial charge in [0.25, 0.3) is 0 Å². The van der Waals surface area contributed by atoms with E-state index in [4.69, 9.17) is 0 Å². The molecule has 0 spiro atoms. The molecule has 1 aromatic heterocycles. The van der Waals surface area contributed by atoms with Crippen LogP contribution in [0.4, 0.5) is 4.39 Å². The third-order valence-electron chi connectivity index (χ3n) is 2.99. The van der Waals surface area contributed by atoms with E-state index in [1.807, 2.05) is 31.2 Å². The minimum Gasteiger partial charge on any atom is -0.250 e. The first-order valence-corrected chi connectivity index (χ1v) is 5.31. The standard InChI is InChI=1S/C13H12FN/c1-8-2-3-10-6-7-11(9-4-5-9)12(14)13(10)15-8/h2-3,6-7,9H,4-5H2,1H3. The Balaban J connectivity index is 2.29. The molecule has 0 N–H and O–H groups in total. The van der Waals surface area contributed by atoms with Crippen molar-refractivity contribution in [3.8, 4) is 0 Å². The van der Waals surface area contributed by atoms with Gasteiger partial charge in [-0.05, 0) is 37.3 Å². The highest BCUT2D eigenvalue weighted by Gasteiger charge is 2.27. The van der Waals surface area contributed by atoms with Crippen LogP contribution in [-0.4, -0.2) is 4.98 Å². The fraction of sp³-hybridized carbons (Fsp3) is 0.308. The molecular formula is C13H12FN. The summed E-state index contributed by atoms with van der Waals surface area (Å²) < 4.78 is 14.1. The van der Waals surface area contributed by atoms with E-state index in [-0.39, 0.29) is 5.82 Å². The molecule has 0 amide bonds. The molecule has 0 aliphatic heterocycles. The van der Waals surface area contributed by atoms with Crippen molar-refractivity contribution in [2.75, 3.05) is 0 Å². The molecule has 0 atom stereocenters. The van der Waals surface area contributed by atoms with Gasteiger partial charge in [0, 0.05) is 11.1 Å². The summed E-state index contributed by atoms with van der Waals surface area (Å²) >= 11 is 0. The molecule has 0 radical (unpaired) electrons. The van der Waals surface area contributed by atoms with Crippen molar-refractivity contribution < 1.29 is 4.39 Å². The van der Waals surface area contributed by atoms with Crippen molar-refractivity contribution in [3.63, 3.8) is 0 Å². The average Bonchev–Trinajstić information content (AvgIpc) is 3.03. The first-order valence-electron chi connectivity index (χ1n) is 5.31. The van der Waals surface area contributed by atoms with Crippen LogP contribution in [0.5, 0.6) is 0 Å². The maximum absolute atomic E-state index is 14.1. The molecule has 1 saturated carbocycles. The fourth-order valence-electron chi connectivity index (χ4n) is 1.98. The van der Waals surface area contributed by atoms with Gasteiger partial charge in [-0.3, -0.25) is 4.98 Å². The molecule has 2 aromatic rings. The summed E-state index contributed by atoms with van der Waals surface area (Å²) in [6, 6.07) is 7.72. The molecule has 0 saturated heterocycles. The minimum atomic E-state index is -0.112. The third kappa shape index (κ3) is 1.41. The Labute approximate surface area is 88.0 Å². The Morgan fingerprint density at radius 3 is 2.67 bits per heavy atom. The molecule has 1 heterocycles. The Bertz CT molecular complexity index is 529. The normalized spacial score (nSPS) is 15.9. The van der Waals surface area contributed by atoms with E-state index in [0.29, 0.717) is 11.4 Å². The summed E-state index contributed by atoms with van der Waals surface area (Å²) in [7, 11) is 0. The Morgan fingerprint density at radius 1 is 1.20 bits per heavy atom. The molecule has 1 nitrogen and oxygen atoms in total. The fourth-order valence-corrected chi connectivity index (χ4v) is 1.98. The number of rotatable bonds is 1. The highest BCUT2D eigenvalue weighted by atomic mass is 19.1. The number of pyridine rings is 1. The van der Waals surface area contributed by atoms with Gasteiger partial charge in [0.05, 0.1) is 0 Å². The molecule has 1 aliphatic carbocycles. The number of fused-ring (bicyclic) bond motifs is 1. The molecule has 2 heteroatoms. The van der Waals surface area contributed by atoms with Crippen LogP contribution in [0.2, 0.25) is 0 Å². The smallest absolute Gasteiger partial charge is 0.152 e. The van der Waals surface area contributed by atoms with Crippen LogP contribution in [-0.2, 0) is 0 Å². The first kappa shape index (κ1) is 8.84. The number of nitrogens with zero attached hydrogens (tertiary/aromatic N) is 1. The molecule has 3 rings (SSSR count). The van der Waals surface area contributed by atoms with Gasteiger partial charge in [-0.1, -0.05) is 18.2 Å². The van der Waals surface area contributed by atoms with E-state index in [2.05, 4.69) is 4.98 Å². The highest BCUT2D eigenvalue weighted by Crippen LogP contribution is 2.42. The van der Waals surface area contributed by atoms with Crippen LogP contribution in [0, 0.1) is 12.7 Å². The molecule has 15 heavy (non-hydrogen) atoms. The van der Waals surface area contributed by atoms with Gasteiger partial charge in [0.1, 0.15) is 5.52 Å². The monoisotopic (exact) mass is 201 g/mol. The van der Waals surface area contributed by atoms with E-state index >= 15 is 0 Å². The molecule has 1 fully saturated rings. The summed E-state index contributed by atoms with van der Waals surface area (Å²) in [4.78, 5) is 4.27. The summed E-state index contributed by atoms with van der Waals surface area (Å²) in [5.74, 6) is 0.329. The Hall–Kier alpha value is -1.44. The van der Waals surface area contributed by atoms with Crippen molar-refractivity contribution in [2.24, 2.45) is 0 Å². The second-order valence-corrected chi connectivity index (χ2v) is 4.27. The van der Waals surface area contributed by atoms with Crippen molar-refractivity contribution in [1.82, 2.24) is 4.98 Å². The molecule has 76 valence electrons. The van der Waals surface area contributed by atoms with Crippen molar-refractivity contribution in [3.05, 3.63) is 41.3 Å². The minimum absolute atomic E-state index is 0.112. The summed E-state index contributed by atoms with van der Waals surface area (Å²) in [5, 5.41) is 0.891. The van der Waals surface area contributed by atoms with Gasteiger partial charge < -0.3 is 0 Å². The van der Waals surface area contributed by atoms with Crippen LogP contribution >= 0.6 is 0 Å². The first-order chi connectivity index (χ1) is 7.25. The quantitative estimate of drug-likeness (QED) is 0.687. The number of hydrogen-bond acceptors (Lipinski definition) is 1. The lowest BCUT2D eigenvalue weighted by molar-refractivity contribution is 0.619.